The quantitative estimate of drug-likeness (QED) is 0.304. The van der Waals surface area contributed by atoms with Crippen LogP contribution in [0.2, 0.25) is 0 Å². The van der Waals surface area contributed by atoms with Crippen LogP contribution in [0, 0.1) is 16.0 Å². The summed E-state index contributed by atoms with van der Waals surface area (Å²) in [7, 11) is -3.94. The highest BCUT2D eigenvalue weighted by Crippen LogP contribution is 2.30. The molecule has 2 rings (SSSR count). The molecule has 1 aliphatic rings. The van der Waals surface area contributed by atoms with Gasteiger partial charge in [-0.1, -0.05) is 13.8 Å². The molecule has 166 valence electrons. The molecule has 1 atom stereocenters. The SMILES string of the molecule is CC(C)[C@H](Nc1ccc(S(=O)(=O)N2CCOCC2)cc1[N+](=O)[O-])C(=O)OCC(N)=O. The Morgan fingerprint density at radius 1 is 1.33 bits per heavy atom. The Balaban J connectivity index is 2.33. The van der Waals surface area contributed by atoms with Crippen LogP contribution in [0.4, 0.5) is 11.4 Å². The van der Waals surface area contributed by atoms with Gasteiger partial charge in [0.25, 0.3) is 11.6 Å². The maximum Gasteiger partial charge on any atom is 0.329 e. The van der Waals surface area contributed by atoms with Crippen LogP contribution >= 0.6 is 0 Å². The minimum Gasteiger partial charge on any atom is -0.454 e. The van der Waals surface area contributed by atoms with Gasteiger partial charge in [0.15, 0.2) is 6.61 Å². The largest absolute Gasteiger partial charge is 0.454 e. The first kappa shape index (κ1) is 23.5. The summed E-state index contributed by atoms with van der Waals surface area (Å²) < 4.78 is 36.7. The molecule has 0 aliphatic carbocycles. The van der Waals surface area contributed by atoms with Gasteiger partial charge in [0.05, 0.1) is 23.0 Å². The number of carbonyl (C=O) groups excluding carboxylic acids is 2. The Morgan fingerprint density at radius 3 is 2.50 bits per heavy atom. The third-order valence-electron chi connectivity index (χ3n) is 4.36. The van der Waals surface area contributed by atoms with Crippen molar-refractivity contribution < 1.29 is 32.4 Å². The summed E-state index contributed by atoms with van der Waals surface area (Å²) in [5, 5.41) is 14.3. The number of ether oxygens (including phenoxy) is 2. The van der Waals surface area contributed by atoms with Crippen molar-refractivity contribution in [3.63, 3.8) is 0 Å². The van der Waals surface area contributed by atoms with Gasteiger partial charge in [-0.15, -0.1) is 0 Å². The highest BCUT2D eigenvalue weighted by molar-refractivity contribution is 7.89. The monoisotopic (exact) mass is 444 g/mol. The van der Waals surface area contributed by atoms with Gasteiger partial charge in [-0.05, 0) is 18.1 Å². The van der Waals surface area contributed by atoms with Gasteiger partial charge in [0, 0.05) is 19.2 Å². The Hall–Kier alpha value is -2.77. The first-order valence-electron chi connectivity index (χ1n) is 9.12. The zero-order valence-corrected chi connectivity index (χ0v) is 17.4. The fourth-order valence-corrected chi connectivity index (χ4v) is 4.21. The van der Waals surface area contributed by atoms with Gasteiger partial charge < -0.3 is 20.5 Å². The van der Waals surface area contributed by atoms with E-state index >= 15 is 0 Å². The topological polar surface area (TPSA) is 171 Å². The molecule has 1 amide bonds. The zero-order valence-electron chi connectivity index (χ0n) is 16.6. The van der Waals surface area contributed by atoms with Gasteiger partial charge >= 0.3 is 5.97 Å². The van der Waals surface area contributed by atoms with E-state index in [1.807, 2.05) is 0 Å². The van der Waals surface area contributed by atoms with Crippen molar-refractivity contribution in [2.24, 2.45) is 11.7 Å². The summed E-state index contributed by atoms with van der Waals surface area (Å²) >= 11 is 0. The molecule has 1 aromatic carbocycles. The second-order valence-electron chi connectivity index (χ2n) is 6.89. The van der Waals surface area contributed by atoms with Gasteiger partial charge in [0.2, 0.25) is 10.0 Å². The van der Waals surface area contributed by atoms with Crippen LogP contribution in [0.1, 0.15) is 13.8 Å². The van der Waals surface area contributed by atoms with Gasteiger partial charge in [-0.2, -0.15) is 4.31 Å². The third-order valence-corrected chi connectivity index (χ3v) is 6.26. The van der Waals surface area contributed by atoms with E-state index in [0.717, 1.165) is 6.07 Å². The van der Waals surface area contributed by atoms with Crippen molar-refractivity contribution in [1.82, 2.24) is 4.31 Å². The number of benzene rings is 1. The smallest absolute Gasteiger partial charge is 0.329 e. The fourth-order valence-electron chi connectivity index (χ4n) is 2.78. The first-order valence-corrected chi connectivity index (χ1v) is 10.6. The average molecular weight is 444 g/mol. The molecule has 13 heteroatoms. The number of morpholine rings is 1. The second-order valence-corrected chi connectivity index (χ2v) is 8.83. The molecule has 3 N–H and O–H groups in total. The average Bonchev–Trinajstić information content (AvgIpc) is 2.70. The van der Waals surface area contributed by atoms with E-state index in [9.17, 15) is 28.1 Å². The third kappa shape index (κ3) is 5.64. The van der Waals surface area contributed by atoms with Crippen molar-refractivity contribution in [2.75, 3.05) is 38.2 Å². The highest BCUT2D eigenvalue weighted by atomic mass is 32.2. The van der Waals surface area contributed by atoms with E-state index in [1.54, 1.807) is 13.8 Å². The number of carbonyl (C=O) groups is 2. The van der Waals surface area contributed by atoms with Gasteiger partial charge in [-0.25, -0.2) is 13.2 Å². The Bertz CT molecular complexity index is 912. The molecule has 1 aromatic rings. The molecule has 0 saturated carbocycles. The van der Waals surface area contributed by atoms with Crippen LogP contribution in [0.25, 0.3) is 0 Å². The van der Waals surface area contributed by atoms with E-state index in [2.05, 4.69) is 5.32 Å². The van der Waals surface area contributed by atoms with Gasteiger partial charge in [-0.3, -0.25) is 14.9 Å². The summed E-state index contributed by atoms with van der Waals surface area (Å²) in [4.78, 5) is 33.7. The van der Waals surface area contributed by atoms with Crippen molar-refractivity contribution in [1.29, 1.82) is 0 Å². The van der Waals surface area contributed by atoms with Crippen LogP contribution in [-0.2, 0) is 29.1 Å². The summed E-state index contributed by atoms with van der Waals surface area (Å²) in [5.41, 5.74) is 4.38. The number of nitrogens with two attached hydrogens (primary N) is 1. The lowest BCUT2D eigenvalue weighted by molar-refractivity contribution is -0.384. The molecule has 0 bridgehead atoms. The first-order chi connectivity index (χ1) is 14.0. The number of rotatable bonds is 9. The summed E-state index contributed by atoms with van der Waals surface area (Å²) in [6, 6.07) is 2.37. The Labute approximate surface area is 173 Å². The second kappa shape index (κ2) is 9.82. The Kier molecular flexibility index (Phi) is 7.70. The van der Waals surface area contributed by atoms with E-state index in [1.165, 1.54) is 16.4 Å². The number of hydrogen-bond donors (Lipinski definition) is 2. The molecular formula is C17H24N4O8S. The predicted octanol–water partition coefficient (Wildman–Crippen LogP) is 0.0807. The Morgan fingerprint density at radius 2 is 1.97 bits per heavy atom. The summed E-state index contributed by atoms with van der Waals surface area (Å²) in [5.74, 6) is -2.01. The molecule has 1 aliphatic heterocycles. The zero-order chi connectivity index (χ0) is 22.5. The highest BCUT2D eigenvalue weighted by Gasteiger charge is 2.31. The molecule has 1 heterocycles. The van der Waals surface area contributed by atoms with Crippen molar-refractivity contribution in [2.45, 2.75) is 24.8 Å². The number of hydrogen-bond acceptors (Lipinski definition) is 9. The van der Waals surface area contributed by atoms with Crippen molar-refractivity contribution >= 4 is 33.3 Å². The minimum atomic E-state index is -3.94. The normalized spacial score (nSPS) is 16.1. The van der Waals surface area contributed by atoms with Crippen LogP contribution in [0.3, 0.4) is 0 Å². The van der Waals surface area contributed by atoms with Gasteiger partial charge in [0.1, 0.15) is 11.7 Å². The maximum atomic E-state index is 12.8. The lowest BCUT2D eigenvalue weighted by Crippen LogP contribution is -2.40. The lowest BCUT2D eigenvalue weighted by atomic mass is 10.0. The molecule has 0 radical (unpaired) electrons. The van der Waals surface area contributed by atoms with E-state index in [4.69, 9.17) is 15.2 Å². The molecule has 12 nitrogen and oxygen atoms in total. The summed E-state index contributed by atoms with van der Waals surface area (Å²) in [6.45, 7) is 3.50. The number of nitrogens with one attached hydrogen (secondary N) is 1. The van der Waals surface area contributed by atoms with Crippen LogP contribution in [0.5, 0.6) is 0 Å². The number of nitro groups is 1. The van der Waals surface area contributed by atoms with Crippen molar-refractivity contribution in [3.05, 3.63) is 28.3 Å². The number of primary amides is 1. The lowest BCUT2D eigenvalue weighted by Gasteiger charge is -2.26. The molecule has 30 heavy (non-hydrogen) atoms. The van der Waals surface area contributed by atoms with E-state index in [0.29, 0.717) is 0 Å². The predicted molar refractivity (Wildman–Crippen MR) is 105 cm³/mol. The minimum absolute atomic E-state index is 0.0596. The molecule has 1 fully saturated rings. The molecule has 0 unspecified atom stereocenters. The van der Waals surface area contributed by atoms with E-state index < -0.39 is 45.2 Å². The van der Waals surface area contributed by atoms with Crippen LogP contribution in [-0.4, -0.2) is 68.5 Å². The number of amides is 1. The standard InChI is InChI=1S/C17H24N4O8S/c1-11(2)16(17(23)29-10-15(18)22)19-13-4-3-12(9-14(13)21(24)25)30(26,27)20-5-7-28-8-6-20/h3-4,9,11,16,19H,5-8,10H2,1-2H3,(H2,18,22)/t16-/m0/s1. The van der Waals surface area contributed by atoms with Crippen molar-refractivity contribution in [3.8, 4) is 0 Å². The van der Waals surface area contributed by atoms with Crippen LogP contribution < -0.4 is 11.1 Å². The summed E-state index contributed by atoms with van der Waals surface area (Å²) in [6.07, 6.45) is 0. The van der Waals surface area contributed by atoms with Crippen LogP contribution in [0.15, 0.2) is 23.1 Å². The molecule has 0 spiro atoms. The fraction of sp³-hybridized carbons (Fsp3) is 0.529. The number of nitro benzene ring substituents is 1. The maximum absolute atomic E-state index is 12.8. The number of nitrogens with zero attached hydrogens (tertiary/aromatic N) is 2. The molecule has 1 saturated heterocycles. The number of anilines is 1. The number of esters is 1. The number of sulfonamides is 1. The van der Waals surface area contributed by atoms with E-state index in [-0.39, 0.29) is 42.8 Å². The molecule has 0 aromatic heterocycles. The molecular weight excluding hydrogens is 420 g/mol.